The van der Waals surface area contributed by atoms with E-state index in [-0.39, 0.29) is 11.2 Å². The summed E-state index contributed by atoms with van der Waals surface area (Å²) < 4.78 is 16.0. The van der Waals surface area contributed by atoms with Crippen LogP contribution in [0.3, 0.4) is 0 Å². The summed E-state index contributed by atoms with van der Waals surface area (Å²) in [5, 5.41) is 0. The summed E-state index contributed by atoms with van der Waals surface area (Å²) in [5.74, 6) is -1.70. The molecule has 0 aromatic heterocycles. The number of methoxy groups -OCH3 is 1. The van der Waals surface area contributed by atoms with Gasteiger partial charge in [-0.2, -0.15) is 0 Å². The molecule has 0 aromatic rings. The number of ketones is 1. The van der Waals surface area contributed by atoms with Crippen molar-refractivity contribution >= 4 is 11.8 Å². The Labute approximate surface area is 107 Å². The van der Waals surface area contributed by atoms with Gasteiger partial charge in [-0.1, -0.05) is 0 Å². The van der Waals surface area contributed by atoms with Crippen LogP contribution < -0.4 is 0 Å². The third-order valence-corrected chi connectivity index (χ3v) is 3.87. The molecule has 1 unspecified atom stereocenters. The second kappa shape index (κ2) is 4.63. The summed E-state index contributed by atoms with van der Waals surface area (Å²) in [4.78, 5) is 23.4. The van der Waals surface area contributed by atoms with Crippen molar-refractivity contribution in [2.75, 3.05) is 20.3 Å². The molecule has 1 saturated carbocycles. The smallest absolute Gasteiger partial charge is 0.316 e. The van der Waals surface area contributed by atoms with Crippen LogP contribution in [0.1, 0.15) is 33.1 Å². The molecule has 102 valence electrons. The number of esters is 1. The predicted molar refractivity (Wildman–Crippen MR) is 62.8 cm³/mol. The summed E-state index contributed by atoms with van der Waals surface area (Å²) in [6.07, 6.45) is 1.58. The molecule has 0 amide bonds. The van der Waals surface area contributed by atoms with Gasteiger partial charge in [0.25, 0.3) is 0 Å². The Hall–Kier alpha value is -0.940. The molecule has 1 aliphatic heterocycles. The second-order valence-corrected chi connectivity index (χ2v) is 5.72. The van der Waals surface area contributed by atoms with Crippen LogP contribution in [0.2, 0.25) is 0 Å². The van der Waals surface area contributed by atoms with Gasteiger partial charge in [0.15, 0.2) is 5.79 Å². The Bertz CT molecular complexity index is 342. The number of hydrogen-bond donors (Lipinski definition) is 0. The highest BCUT2D eigenvalue weighted by molar-refractivity contribution is 5.99. The minimum atomic E-state index is -0.655. The highest BCUT2D eigenvalue weighted by Crippen LogP contribution is 2.42. The Morgan fingerprint density at radius 2 is 1.94 bits per heavy atom. The Morgan fingerprint density at radius 1 is 1.33 bits per heavy atom. The van der Waals surface area contributed by atoms with Crippen LogP contribution in [0.5, 0.6) is 0 Å². The van der Waals surface area contributed by atoms with E-state index < -0.39 is 17.7 Å². The van der Waals surface area contributed by atoms with Crippen LogP contribution in [-0.2, 0) is 23.8 Å². The van der Waals surface area contributed by atoms with Crippen LogP contribution in [0.4, 0.5) is 0 Å². The quantitative estimate of drug-likeness (QED) is 0.522. The van der Waals surface area contributed by atoms with Gasteiger partial charge in [-0.15, -0.1) is 0 Å². The first-order valence-electron chi connectivity index (χ1n) is 6.26. The minimum Gasteiger partial charge on any atom is -0.468 e. The van der Waals surface area contributed by atoms with Crippen LogP contribution in [-0.4, -0.2) is 37.9 Å². The van der Waals surface area contributed by atoms with E-state index in [1.54, 1.807) is 0 Å². The fraction of sp³-hybridized carbons (Fsp3) is 0.846. The number of rotatable bonds is 1. The molecule has 1 atom stereocenters. The van der Waals surface area contributed by atoms with Gasteiger partial charge < -0.3 is 14.2 Å². The van der Waals surface area contributed by atoms with Gasteiger partial charge in [0.2, 0.25) is 0 Å². The second-order valence-electron chi connectivity index (χ2n) is 5.72. The van der Waals surface area contributed by atoms with E-state index in [1.165, 1.54) is 7.11 Å². The van der Waals surface area contributed by atoms with Crippen LogP contribution in [0.15, 0.2) is 0 Å². The standard InChI is InChI=1S/C13H20O5/c1-12(2)17-7-13(8-18-12)5-4-10(14)9(6-13)11(15)16-3/h9H,4-8H2,1-3H3. The lowest BCUT2D eigenvalue weighted by molar-refractivity contribution is -0.290. The Balaban J connectivity index is 2.07. The number of ether oxygens (including phenoxy) is 3. The van der Waals surface area contributed by atoms with Crippen molar-refractivity contribution in [1.29, 1.82) is 0 Å². The normalized spacial score (nSPS) is 30.2. The predicted octanol–water partition coefficient (Wildman–Crippen LogP) is 1.30. The van der Waals surface area contributed by atoms with Crippen molar-refractivity contribution in [3.05, 3.63) is 0 Å². The molecule has 1 saturated heterocycles. The Morgan fingerprint density at radius 3 is 2.50 bits per heavy atom. The monoisotopic (exact) mass is 256 g/mol. The van der Waals surface area contributed by atoms with E-state index in [2.05, 4.69) is 0 Å². The van der Waals surface area contributed by atoms with Crippen LogP contribution in [0.25, 0.3) is 0 Å². The third kappa shape index (κ3) is 2.57. The first-order valence-corrected chi connectivity index (χ1v) is 6.26. The lowest BCUT2D eigenvalue weighted by Gasteiger charge is -2.46. The van der Waals surface area contributed by atoms with Crippen molar-refractivity contribution in [2.24, 2.45) is 11.3 Å². The molecule has 2 aliphatic rings. The maximum Gasteiger partial charge on any atom is 0.316 e. The van der Waals surface area contributed by atoms with Crippen molar-refractivity contribution in [1.82, 2.24) is 0 Å². The highest BCUT2D eigenvalue weighted by Gasteiger charge is 2.47. The molecule has 1 aliphatic carbocycles. The Kier molecular flexibility index (Phi) is 3.47. The average molecular weight is 256 g/mol. The van der Waals surface area contributed by atoms with Gasteiger partial charge in [0.1, 0.15) is 11.7 Å². The first kappa shape index (κ1) is 13.5. The third-order valence-electron chi connectivity index (χ3n) is 3.87. The summed E-state index contributed by atoms with van der Waals surface area (Å²) in [5.41, 5.74) is -0.220. The summed E-state index contributed by atoms with van der Waals surface area (Å²) in [6, 6.07) is 0. The fourth-order valence-corrected chi connectivity index (χ4v) is 2.57. The van der Waals surface area contributed by atoms with Gasteiger partial charge in [-0.05, 0) is 26.7 Å². The summed E-state index contributed by atoms with van der Waals surface area (Å²) in [7, 11) is 1.31. The summed E-state index contributed by atoms with van der Waals surface area (Å²) >= 11 is 0. The first-order chi connectivity index (χ1) is 8.37. The molecular formula is C13H20O5. The van der Waals surface area contributed by atoms with E-state index in [1.807, 2.05) is 13.8 Å². The van der Waals surface area contributed by atoms with E-state index in [4.69, 9.17) is 14.2 Å². The molecular weight excluding hydrogens is 236 g/mol. The molecule has 0 N–H and O–H groups in total. The average Bonchev–Trinajstić information content (AvgIpc) is 2.35. The van der Waals surface area contributed by atoms with Crippen LogP contribution >= 0.6 is 0 Å². The molecule has 0 aromatic carbocycles. The summed E-state index contributed by atoms with van der Waals surface area (Å²) in [6.45, 7) is 4.79. The molecule has 0 bridgehead atoms. The van der Waals surface area contributed by atoms with Crippen molar-refractivity contribution < 1.29 is 23.8 Å². The number of Topliss-reactive ketones (excluding diaryl/α,β-unsaturated/α-hetero) is 1. The molecule has 0 radical (unpaired) electrons. The van der Waals surface area contributed by atoms with Crippen molar-refractivity contribution in [3.63, 3.8) is 0 Å². The molecule has 2 rings (SSSR count). The van der Waals surface area contributed by atoms with Crippen molar-refractivity contribution in [3.8, 4) is 0 Å². The van der Waals surface area contributed by atoms with Gasteiger partial charge in [-0.25, -0.2) is 0 Å². The zero-order valence-electron chi connectivity index (χ0n) is 11.2. The van der Waals surface area contributed by atoms with Gasteiger partial charge in [-0.3, -0.25) is 9.59 Å². The SMILES string of the molecule is COC(=O)C1CC2(CCC1=O)COC(C)(C)OC2. The number of hydrogen-bond acceptors (Lipinski definition) is 5. The molecule has 5 nitrogen and oxygen atoms in total. The lowest BCUT2D eigenvalue weighted by atomic mass is 9.69. The lowest BCUT2D eigenvalue weighted by Crippen LogP contribution is -2.51. The van der Waals surface area contributed by atoms with E-state index in [9.17, 15) is 9.59 Å². The molecule has 5 heteroatoms. The zero-order chi connectivity index (χ0) is 13.4. The molecule has 18 heavy (non-hydrogen) atoms. The van der Waals surface area contributed by atoms with Gasteiger partial charge in [0, 0.05) is 11.8 Å². The molecule has 1 spiro atoms. The minimum absolute atomic E-state index is 0.0303. The maximum absolute atomic E-state index is 11.8. The fourth-order valence-electron chi connectivity index (χ4n) is 2.57. The van der Waals surface area contributed by atoms with Gasteiger partial charge in [0.05, 0.1) is 20.3 Å². The maximum atomic E-state index is 11.8. The van der Waals surface area contributed by atoms with E-state index in [0.29, 0.717) is 26.1 Å². The largest absolute Gasteiger partial charge is 0.468 e. The topological polar surface area (TPSA) is 61.8 Å². The van der Waals surface area contributed by atoms with Crippen LogP contribution in [0, 0.1) is 11.3 Å². The molecule has 1 heterocycles. The highest BCUT2D eigenvalue weighted by atomic mass is 16.7. The van der Waals surface area contributed by atoms with E-state index >= 15 is 0 Å². The zero-order valence-corrected chi connectivity index (χ0v) is 11.2. The number of carbonyl (C=O) groups is 2. The van der Waals surface area contributed by atoms with Gasteiger partial charge >= 0.3 is 5.97 Å². The molecule has 2 fully saturated rings. The number of carbonyl (C=O) groups excluding carboxylic acids is 2. The van der Waals surface area contributed by atoms with E-state index in [0.717, 1.165) is 6.42 Å². The van der Waals surface area contributed by atoms with Crippen molar-refractivity contribution in [2.45, 2.75) is 38.9 Å².